The van der Waals surface area contributed by atoms with Crippen LogP contribution in [-0.2, 0) is 4.74 Å². The predicted molar refractivity (Wildman–Crippen MR) is 41.7 cm³/mol. The minimum Gasteiger partial charge on any atom is -0.368 e. The maximum Gasteiger partial charge on any atom is 0.157 e. The Bertz CT molecular complexity index is 63.7. The lowest BCUT2D eigenvalue weighted by atomic mass is 10.0. The minimum absolute atomic E-state index is 0.337. The minimum atomic E-state index is -0.497. The van der Waals surface area contributed by atoms with Crippen LogP contribution in [0.1, 0.15) is 33.6 Å². The summed E-state index contributed by atoms with van der Waals surface area (Å²) in [5, 5.41) is 8.96. The number of hydrogen-bond acceptors (Lipinski definition) is 2. The van der Waals surface area contributed by atoms with E-state index in [1.165, 1.54) is 0 Å². The van der Waals surface area contributed by atoms with Gasteiger partial charge in [-0.05, 0) is 12.8 Å². The van der Waals surface area contributed by atoms with E-state index in [1.54, 1.807) is 0 Å². The Hall–Kier alpha value is -0.0800. The Morgan fingerprint density at radius 1 is 1.40 bits per heavy atom. The number of aliphatic hydroxyl groups is 1. The van der Waals surface area contributed by atoms with Crippen LogP contribution in [0.2, 0.25) is 0 Å². The third-order valence-corrected chi connectivity index (χ3v) is 1.58. The first kappa shape index (κ1) is 9.92. The predicted octanol–water partition coefficient (Wildman–Crippen LogP) is 1.78. The van der Waals surface area contributed by atoms with Crippen LogP contribution < -0.4 is 0 Å². The van der Waals surface area contributed by atoms with Crippen LogP contribution in [0.5, 0.6) is 0 Å². The van der Waals surface area contributed by atoms with E-state index in [2.05, 4.69) is 0 Å². The SMILES string of the molecule is CC.C[C@@H]1CCCOC1O. The molecular weight excluding hydrogens is 128 g/mol. The van der Waals surface area contributed by atoms with Gasteiger partial charge in [-0.15, -0.1) is 0 Å². The summed E-state index contributed by atoms with van der Waals surface area (Å²) >= 11 is 0. The fourth-order valence-corrected chi connectivity index (χ4v) is 0.916. The largest absolute Gasteiger partial charge is 0.368 e. The fourth-order valence-electron chi connectivity index (χ4n) is 0.916. The molecule has 1 heterocycles. The second kappa shape index (κ2) is 5.69. The second-order valence-corrected chi connectivity index (χ2v) is 2.38. The van der Waals surface area contributed by atoms with Gasteiger partial charge in [0.05, 0.1) is 0 Å². The molecule has 2 atom stereocenters. The van der Waals surface area contributed by atoms with Gasteiger partial charge in [-0.2, -0.15) is 0 Å². The number of ether oxygens (including phenoxy) is 1. The molecule has 1 unspecified atom stereocenters. The number of hydrogen-bond donors (Lipinski definition) is 1. The first-order chi connectivity index (χ1) is 4.80. The first-order valence-electron chi connectivity index (χ1n) is 4.10. The average Bonchev–Trinajstić information content (AvgIpc) is 2.00. The Morgan fingerprint density at radius 3 is 2.30 bits per heavy atom. The molecule has 0 spiro atoms. The van der Waals surface area contributed by atoms with Gasteiger partial charge in [-0.3, -0.25) is 0 Å². The normalized spacial score (nSPS) is 32.4. The summed E-state index contributed by atoms with van der Waals surface area (Å²) in [6, 6.07) is 0. The molecule has 0 aromatic carbocycles. The molecule has 1 aliphatic rings. The summed E-state index contributed by atoms with van der Waals surface area (Å²) in [6.45, 7) is 6.73. The second-order valence-electron chi connectivity index (χ2n) is 2.38. The van der Waals surface area contributed by atoms with Gasteiger partial charge >= 0.3 is 0 Å². The Balaban J connectivity index is 0.000000371. The van der Waals surface area contributed by atoms with Crippen LogP contribution in [0.15, 0.2) is 0 Å². The van der Waals surface area contributed by atoms with Crippen molar-refractivity contribution in [3.8, 4) is 0 Å². The zero-order valence-corrected chi connectivity index (χ0v) is 7.13. The summed E-state index contributed by atoms with van der Waals surface area (Å²) in [7, 11) is 0. The van der Waals surface area contributed by atoms with Gasteiger partial charge in [-0.1, -0.05) is 20.8 Å². The van der Waals surface area contributed by atoms with Gasteiger partial charge < -0.3 is 9.84 Å². The summed E-state index contributed by atoms with van der Waals surface area (Å²) in [6.07, 6.45) is 1.70. The van der Waals surface area contributed by atoms with E-state index >= 15 is 0 Å². The zero-order chi connectivity index (χ0) is 7.98. The number of rotatable bonds is 0. The number of aliphatic hydroxyl groups excluding tert-OH is 1. The third kappa shape index (κ3) is 3.18. The highest BCUT2D eigenvalue weighted by Gasteiger charge is 2.18. The zero-order valence-electron chi connectivity index (χ0n) is 7.13. The highest BCUT2D eigenvalue weighted by atomic mass is 16.6. The smallest absolute Gasteiger partial charge is 0.157 e. The van der Waals surface area contributed by atoms with Crippen LogP contribution in [-0.4, -0.2) is 18.0 Å². The maximum absolute atomic E-state index is 8.96. The summed E-state index contributed by atoms with van der Waals surface area (Å²) in [5.41, 5.74) is 0. The van der Waals surface area contributed by atoms with Gasteiger partial charge in [0.1, 0.15) is 0 Å². The fraction of sp³-hybridized carbons (Fsp3) is 1.00. The van der Waals surface area contributed by atoms with Crippen molar-refractivity contribution in [2.75, 3.05) is 6.61 Å². The van der Waals surface area contributed by atoms with Crippen molar-refractivity contribution < 1.29 is 9.84 Å². The average molecular weight is 146 g/mol. The lowest BCUT2D eigenvalue weighted by molar-refractivity contribution is -0.153. The van der Waals surface area contributed by atoms with E-state index < -0.39 is 6.29 Å². The summed E-state index contributed by atoms with van der Waals surface area (Å²) in [5.74, 6) is 0.337. The lowest BCUT2D eigenvalue weighted by Gasteiger charge is -2.23. The molecule has 2 heteroatoms. The lowest BCUT2D eigenvalue weighted by Crippen LogP contribution is -2.26. The Kier molecular flexibility index (Phi) is 5.64. The van der Waals surface area contributed by atoms with Gasteiger partial charge in [0.15, 0.2) is 6.29 Å². The molecule has 1 N–H and O–H groups in total. The molecule has 1 rings (SSSR count). The van der Waals surface area contributed by atoms with Crippen molar-refractivity contribution in [1.82, 2.24) is 0 Å². The molecular formula is C8H18O2. The Labute approximate surface area is 63.2 Å². The van der Waals surface area contributed by atoms with Crippen molar-refractivity contribution in [3.05, 3.63) is 0 Å². The highest BCUT2D eigenvalue weighted by molar-refractivity contribution is 4.60. The molecule has 0 aromatic rings. The van der Waals surface area contributed by atoms with Gasteiger partial charge in [0.2, 0.25) is 0 Å². The van der Waals surface area contributed by atoms with Crippen molar-refractivity contribution in [2.24, 2.45) is 5.92 Å². The molecule has 0 bridgehead atoms. The highest BCUT2D eigenvalue weighted by Crippen LogP contribution is 2.17. The van der Waals surface area contributed by atoms with Crippen LogP contribution in [0.3, 0.4) is 0 Å². The van der Waals surface area contributed by atoms with Crippen molar-refractivity contribution >= 4 is 0 Å². The summed E-state index contributed by atoms with van der Waals surface area (Å²) < 4.78 is 4.95. The molecule has 0 aromatic heterocycles. The molecule has 0 aliphatic carbocycles. The first-order valence-corrected chi connectivity index (χ1v) is 4.10. The van der Waals surface area contributed by atoms with Crippen LogP contribution in [0.25, 0.3) is 0 Å². The quantitative estimate of drug-likeness (QED) is 0.564. The molecule has 0 saturated carbocycles. The van der Waals surface area contributed by atoms with E-state index in [1.807, 2.05) is 20.8 Å². The molecule has 1 fully saturated rings. The van der Waals surface area contributed by atoms with E-state index in [0.717, 1.165) is 19.4 Å². The van der Waals surface area contributed by atoms with E-state index in [-0.39, 0.29) is 0 Å². The standard InChI is InChI=1S/C6H12O2.C2H6/c1-5-3-2-4-8-6(5)7;1-2/h5-7H,2-4H2,1H3;1-2H3/t5-,6?;/m1./s1. The molecule has 1 saturated heterocycles. The molecule has 1 aliphatic heterocycles. The maximum atomic E-state index is 8.96. The van der Waals surface area contributed by atoms with Gasteiger partial charge in [0.25, 0.3) is 0 Å². The van der Waals surface area contributed by atoms with E-state index in [4.69, 9.17) is 9.84 Å². The van der Waals surface area contributed by atoms with Crippen LogP contribution in [0, 0.1) is 5.92 Å². The van der Waals surface area contributed by atoms with Crippen LogP contribution in [0.4, 0.5) is 0 Å². The molecule has 10 heavy (non-hydrogen) atoms. The Morgan fingerprint density at radius 2 is 2.00 bits per heavy atom. The van der Waals surface area contributed by atoms with Crippen molar-refractivity contribution in [3.63, 3.8) is 0 Å². The van der Waals surface area contributed by atoms with E-state index in [9.17, 15) is 0 Å². The van der Waals surface area contributed by atoms with Crippen molar-refractivity contribution in [1.29, 1.82) is 0 Å². The monoisotopic (exact) mass is 146 g/mol. The topological polar surface area (TPSA) is 29.5 Å². The van der Waals surface area contributed by atoms with Gasteiger partial charge in [-0.25, -0.2) is 0 Å². The molecule has 2 nitrogen and oxygen atoms in total. The van der Waals surface area contributed by atoms with Crippen LogP contribution >= 0.6 is 0 Å². The molecule has 0 radical (unpaired) electrons. The third-order valence-electron chi connectivity index (χ3n) is 1.58. The molecule has 0 amide bonds. The van der Waals surface area contributed by atoms with Crippen molar-refractivity contribution in [2.45, 2.75) is 39.9 Å². The molecule has 62 valence electrons. The van der Waals surface area contributed by atoms with Gasteiger partial charge in [0, 0.05) is 12.5 Å². The summed E-state index contributed by atoms with van der Waals surface area (Å²) in [4.78, 5) is 0. The van der Waals surface area contributed by atoms with E-state index in [0.29, 0.717) is 5.92 Å².